The average molecular weight is 348 g/mol. The molecule has 1 amide bonds. The molecule has 1 aromatic carbocycles. The van der Waals surface area contributed by atoms with E-state index in [-0.39, 0.29) is 40.6 Å². The van der Waals surface area contributed by atoms with Crippen LogP contribution < -0.4 is 5.73 Å². The predicted molar refractivity (Wildman–Crippen MR) is 87.7 cm³/mol. The minimum Gasteiger partial charge on any atom is -0.335 e. The smallest absolute Gasteiger partial charge is 0.283 e. The van der Waals surface area contributed by atoms with Gasteiger partial charge in [-0.05, 0) is 44.4 Å². The first-order chi connectivity index (χ1) is 10.0. The maximum absolute atomic E-state index is 12.7. The number of amides is 1. The highest BCUT2D eigenvalue weighted by molar-refractivity contribution is 6.31. The van der Waals surface area contributed by atoms with E-state index in [1.807, 2.05) is 0 Å². The Morgan fingerprint density at radius 2 is 2.18 bits per heavy atom. The lowest BCUT2D eigenvalue weighted by Crippen LogP contribution is -2.44. The van der Waals surface area contributed by atoms with Crippen LogP contribution in [0.25, 0.3) is 0 Å². The van der Waals surface area contributed by atoms with Crippen molar-refractivity contribution in [2.45, 2.75) is 31.7 Å². The summed E-state index contributed by atoms with van der Waals surface area (Å²) in [7, 11) is 0. The van der Waals surface area contributed by atoms with Gasteiger partial charge in [0.05, 0.1) is 4.92 Å². The van der Waals surface area contributed by atoms with Crippen molar-refractivity contribution >= 4 is 35.6 Å². The van der Waals surface area contributed by atoms with Crippen LogP contribution >= 0.6 is 24.0 Å². The van der Waals surface area contributed by atoms with Gasteiger partial charge in [-0.25, -0.2) is 0 Å². The molecule has 22 heavy (non-hydrogen) atoms. The van der Waals surface area contributed by atoms with E-state index in [1.54, 1.807) is 4.90 Å². The molecule has 2 N–H and O–H groups in total. The molecule has 0 aliphatic carbocycles. The topological polar surface area (TPSA) is 89.5 Å². The molecule has 1 aromatic rings. The van der Waals surface area contributed by atoms with Gasteiger partial charge in [-0.3, -0.25) is 14.9 Å². The number of hydrogen-bond acceptors (Lipinski definition) is 4. The third kappa shape index (κ3) is 4.09. The number of nitrogens with zero attached hydrogens (tertiary/aromatic N) is 2. The summed E-state index contributed by atoms with van der Waals surface area (Å²) in [6, 6.07) is 4.21. The SMILES string of the molecule is Cl.NCCC1CCCCN1C(=O)c1ccc(Cl)cc1[N+](=O)[O-]. The van der Waals surface area contributed by atoms with Crippen LogP contribution in [0, 0.1) is 10.1 Å². The van der Waals surface area contributed by atoms with Gasteiger partial charge in [-0.1, -0.05) is 11.6 Å². The Bertz CT molecular complexity index is 552. The Hall–Kier alpha value is -1.37. The molecular formula is C14H19Cl2N3O3. The maximum atomic E-state index is 12.7. The van der Waals surface area contributed by atoms with E-state index in [2.05, 4.69) is 0 Å². The molecule has 2 rings (SSSR count). The molecule has 1 atom stereocenters. The van der Waals surface area contributed by atoms with Gasteiger partial charge in [0.1, 0.15) is 5.56 Å². The molecule has 0 bridgehead atoms. The zero-order valence-electron chi connectivity index (χ0n) is 12.0. The van der Waals surface area contributed by atoms with Crippen molar-refractivity contribution in [2.75, 3.05) is 13.1 Å². The van der Waals surface area contributed by atoms with Gasteiger partial charge in [0.15, 0.2) is 0 Å². The summed E-state index contributed by atoms with van der Waals surface area (Å²) in [5.74, 6) is -0.309. The van der Waals surface area contributed by atoms with Crippen molar-refractivity contribution in [3.63, 3.8) is 0 Å². The van der Waals surface area contributed by atoms with Crippen molar-refractivity contribution in [3.8, 4) is 0 Å². The van der Waals surface area contributed by atoms with Crippen molar-refractivity contribution in [1.29, 1.82) is 0 Å². The monoisotopic (exact) mass is 347 g/mol. The van der Waals surface area contributed by atoms with E-state index in [0.717, 1.165) is 19.3 Å². The lowest BCUT2D eigenvalue weighted by Gasteiger charge is -2.35. The van der Waals surface area contributed by atoms with Crippen molar-refractivity contribution in [1.82, 2.24) is 4.90 Å². The van der Waals surface area contributed by atoms with Gasteiger partial charge in [-0.2, -0.15) is 0 Å². The van der Waals surface area contributed by atoms with Crippen LogP contribution in [0.1, 0.15) is 36.0 Å². The summed E-state index contributed by atoms with van der Waals surface area (Å²) >= 11 is 5.78. The summed E-state index contributed by atoms with van der Waals surface area (Å²) in [4.78, 5) is 24.9. The molecule has 0 spiro atoms. The molecule has 1 aliphatic rings. The van der Waals surface area contributed by atoms with Crippen LogP contribution in [0.15, 0.2) is 18.2 Å². The lowest BCUT2D eigenvalue weighted by molar-refractivity contribution is -0.385. The lowest BCUT2D eigenvalue weighted by atomic mass is 9.98. The summed E-state index contributed by atoms with van der Waals surface area (Å²) in [6.45, 7) is 1.11. The molecule has 0 radical (unpaired) electrons. The predicted octanol–water partition coefficient (Wildman–Crippen LogP) is 3.01. The van der Waals surface area contributed by atoms with Crippen LogP contribution in [0.5, 0.6) is 0 Å². The molecule has 6 nitrogen and oxygen atoms in total. The number of nitro benzene ring substituents is 1. The van der Waals surface area contributed by atoms with Crippen LogP contribution in [-0.2, 0) is 0 Å². The number of rotatable bonds is 4. The number of hydrogen-bond donors (Lipinski definition) is 1. The number of benzene rings is 1. The van der Waals surface area contributed by atoms with Crippen molar-refractivity contribution < 1.29 is 9.72 Å². The van der Waals surface area contributed by atoms with E-state index in [4.69, 9.17) is 17.3 Å². The number of nitro groups is 1. The van der Waals surface area contributed by atoms with Gasteiger partial charge < -0.3 is 10.6 Å². The van der Waals surface area contributed by atoms with E-state index in [1.165, 1.54) is 18.2 Å². The van der Waals surface area contributed by atoms with Crippen LogP contribution in [0.2, 0.25) is 5.02 Å². The number of halogens is 2. The molecular weight excluding hydrogens is 329 g/mol. The van der Waals surface area contributed by atoms with Gasteiger partial charge in [0, 0.05) is 23.7 Å². The second-order valence-electron chi connectivity index (χ2n) is 5.14. The summed E-state index contributed by atoms with van der Waals surface area (Å²) < 4.78 is 0. The number of likely N-dealkylation sites (tertiary alicyclic amines) is 1. The van der Waals surface area contributed by atoms with E-state index >= 15 is 0 Å². The summed E-state index contributed by atoms with van der Waals surface area (Å²) in [5, 5.41) is 11.4. The first-order valence-electron chi connectivity index (χ1n) is 6.99. The Morgan fingerprint density at radius 3 is 2.82 bits per heavy atom. The van der Waals surface area contributed by atoms with Gasteiger partial charge in [-0.15, -0.1) is 12.4 Å². The molecule has 8 heteroatoms. The van der Waals surface area contributed by atoms with E-state index < -0.39 is 4.92 Å². The standard InChI is InChI=1S/C14H18ClN3O3.ClH/c15-10-4-5-12(13(9-10)18(20)21)14(19)17-8-2-1-3-11(17)6-7-16;/h4-5,9,11H,1-3,6-8,16H2;1H. The summed E-state index contributed by atoms with van der Waals surface area (Å²) in [6.07, 6.45) is 3.57. The zero-order valence-corrected chi connectivity index (χ0v) is 13.6. The number of piperidine rings is 1. The zero-order chi connectivity index (χ0) is 15.4. The van der Waals surface area contributed by atoms with Gasteiger partial charge in [0.2, 0.25) is 0 Å². The Morgan fingerprint density at radius 1 is 1.45 bits per heavy atom. The van der Waals surface area contributed by atoms with Crippen LogP contribution in [-0.4, -0.2) is 34.9 Å². The molecule has 1 fully saturated rings. The normalized spacial score (nSPS) is 17.7. The molecule has 0 aromatic heterocycles. The minimum absolute atomic E-state index is 0. The fourth-order valence-corrected chi connectivity index (χ4v) is 2.92. The first-order valence-corrected chi connectivity index (χ1v) is 7.37. The molecule has 122 valence electrons. The highest BCUT2D eigenvalue weighted by atomic mass is 35.5. The quantitative estimate of drug-likeness (QED) is 0.669. The first kappa shape index (κ1) is 18.7. The maximum Gasteiger partial charge on any atom is 0.283 e. The van der Waals surface area contributed by atoms with Gasteiger partial charge >= 0.3 is 0 Å². The Labute approximate surface area is 140 Å². The fraction of sp³-hybridized carbons (Fsp3) is 0.500. The fourth-order valence-electron chi connectivity index (χ4n) is 2.75. The van der Waals surface area contributed by atoms with Crippen LogP contribution in [0.4, 0.5) is 5.69 Å². The van der Waals surface area contributed by atoms with Crippen molar-refractivity contribution in [3.05, 3.63) is 38.9 Å². The summed E-state index contributed by atoms with van der Waals surface area (Å²) in [5.41, 5.74) is 5.44. The van der Waals surface area contributed by atoms with Crippen LogP contribution in [0.3, 0.4) is 0 Å². The molecule has 1 unspecified atom stereocenters. The number of nitrogens with two attached hydrogens (primary N) is 1. The second-order valence-corrected chi connectivity index (χ2v) is 5.58. The molecule has 1 aliphatic heterocycles. The second kappa shape index (κ2) is 8.31. The Balaban J connectivity index is 0.00000242. The van der Waals surface area contributed by atoms with Crippen molar-refractivity contribution in [2.24, 2.45) is 5.73 Å². The minimum atomic E-state index is -0.568. The highest BCUT2D eigenvalue weighted by Crippen LogP contribution is 2.28. The van der Waals surface area contributed by atoms with E-state index in [0.29, 0.717) is 19.5 Å². The molecule has 1 saturated heterocycles. The third-order valence-electron chi connectivity index (χ3n) is 3.77. The average Bonchev–Trinajstić information content (AvgIpc) is 2.47. The Kier molecular flexibility index (Phi) is 7.06. The number of carbonyl (C=O) groups is 1. The van der Waals surface area contributed by atoms with Gasteiger partial charge in [0.25, 0.3) is 11.6 Å². The number of carbonyl (C=O) groups excluding carboxylic acids is 1. The molecule has 1 heterocycles. The third-order valence-corrected chi connectivity index (χ3v) is 4.01. The highest BCUT2D eigenvalue weighted by Gasteiger charge is 2.30. The largest absolute Gasteiger partial charge is 0.335 e. The molecule has 0 saturated carbocycles. The van der Waals surface area contributed by atoms with E-state index in [9.17, 15) is 14.9 Å².